The summed E-state index contributed by atoms with van der Waals surface area (Å²) >= 11 is 0. The Balaban J connectivity index is 1.32. The molecule has 0 radical (unpaired) electrons. The molecule has 1 aromatic heterocycles. The highest BCUT2D eigenvalue weighted by Crippen LogP contribution is 2.26. The van der Waals surface area contributed by atoms with Crippen molar-refractivity contribution in [3.63, 3.8) is 0 Å². The third kappa shape index (κ3) is 4.95. The van der Waals surface area contributed by atoms with Crippen molar-refractivity contribution in [1.82, 2.24) is 0 Å². The molecule has 1 aliphatic carbocycles. The van der Waals surface area contributed by atoms with Gasteiger partial charge in [0.15, 0.2) is 5.78 Å². The molecule has 6 heteroatoms. The summed E-state index contributed by atoms with van der Waals surface area (Å²) in [4.78, 5) is 12.2. The van der Waals surface area contributed by atoms with Crippen molar-refractivity contribution in [1.29, 1.82) is 0 Å². The minimum atomic E-state index is -2.90. The summed E-state index contributed by atoms with van der Waals surface area (Å²) in [6.07, 6.45) is 6.35. The van der Waals surface area contributed by atoms with Gasteiger partial charge in [0.2, 0.25) is 0 Å². The van der Waals surface area contributed by atoms with Crippen LogP contribution in [0.1, 0.15) is 39.4 Å². The highest BCUT2D eigenvalue weighted by Gasteiger charge is 2.12. The maximum atomic E-state index is 12.2. The van der Waals surface area contributed by atoms with Crippen LogP contribution >= 0.6 is 0 Å². The van der Waals surface area contributed by atoms with E-state index in [1.165, 1.54) is 47.9 Å². The van der Waals surface area contributed by atoms with Gasteiger partial charge < -0.3 is 13.9 Å². The molecule has 1 aliphatic rings. The maximum absolute atomic E-state index is 12.2. The van der Waals surface area contributed by atoms with Gasteiger partial charge >= 0.3 is 6.61 Å². The van der Waals surface area contributed by atoms with Gasteiger partial charge in [-0.1, -0.05) is 6.07 Å². The van der Waals surface area contributed by atoms with E-state index in [-0.39, 0.29) is 11.5 Å². The highest BCUT2D eigenvalue weighted by molar-refractivity contribution is 6.06. The number of halogens is 2. The molecule has 4 nitrogen and oxygen atoms in total. The van der Waals surface area contributed by atoms with E-state index in [1.807, 2.05) is 6.07 Å². The molecule has 4 rings (SSSR count). The third-order valence-electron chi connectivity index (χ3n) is 4.90. The molecule has 3 aromatic rings. The molecular formula is C24H20F2O4. The van der Waals surface area contributed by atoms with E-state index in [0.29, 0.717) is 23.7 Å². The average Bonchev–Trinajstić information content (AvgIpc) is 3.39. The zero-order valence-electron chi connectivity index (χ0n) is 16.1. The van der Waals surface area contributed by atoms with Crippen molar-refractivity contribution in [3.8, 4) is 11.5 Å². The third-order valence-corrected chi connectivity index (χ3v) is 4.90. The minimum absolute atomic E-state index is 0.00424. The summed E-state index contributed by atoms with van der Waals surface area (Å²) in [5.74, 6) is 1.72. The van der Waals surface area contributed by atoms with Crippen LogP contribution in [-0.2, 0) is 19.4 Å². The average molecular weight is 410 g/mol. The van der Waals surface area contributed by atoms with Crippen molar-refractivity contribution in [2.24, 2.45) is 0 Å². The van der Waals surface area contributed by atoms with Gasteiger partial charge in [0.25, 0.3) is 0 Å². The first-order valence-electron chi connectivity index (χ1n) is 9.67. The summed E-state index contributed by atoms with van der Waals surface area (Å²) in [5, 5.41) is 0. The van der Waals surface area contributed by atoms with E-state index in [0.717, 1.165) is 18.6 Å². The molecular weight excluding hydrogens is 390 g/mol. The molecule has 0 saturated heterocycles. The van der Waals surface area contributed by atoms with E-state index < -0.39 is 6.61 Å². The van der Waals surface area contributed by atoms with Crippen LogP contribution < -0.4 is 9.47 Å². The van der Waals surface area contributed by atoms with Gasteiger partial charge in [-0.2, -0.15) is 8.78 Å². The van der Waals surface area contributed by atoms with Crippen molar-refractivity contribution >= 4 is 11.9 Å². The van der Waals surface area contributed by atoms with Crippen molar-refractivity contribution < 1.29 is 27.5 Å². The smallest absolute Gasteiger partial charge is 0.387 e. The lowest BCUT2D eigenvalue weighted by atomic mass is 10.1. The van der Waals surface area contributed by atoms with Crippen LogP contribution in [0.25, 0.3) is 6.08 Å². The fourth-order valence-corrected chi connectivity index (χ4v) is 3.41. The molecule has 154 valence electrons. The Kier molecular flexibility index (Phi) is 5.93. The van der Waals surface area contributed by atoms with Crippen LogP contribution in [-0.4, -0.2) is 12.4 Å². The first-order valence-corrected chi connectivity index (χ1v) is 9.67. The number of hydrogen-bond acceptors (Lipinski definition) is 4. The van der Waals surface area contributed by atoms with Gasteiger partial charge in [0.1, 0.15) is 29.6 Å². The zero-order valence-corrected chi connectivity index (χ0v) is 16.1. The molecule has 1 heterocycles. The van der Waals surface area contributed by atoms with Crippen molar-refractivity contribution in [3.05, 3.63) is 88.9 Å². The molecule has 0 aliphatic heterocycles. The van der Waals surface area contributed by atoms with Gasteiger partial charge in [-0.25, -0.2) is 0 Å². The summed E-state index contributed by atoms with van der Waals surface area (Å²) in [6.45, 7) is -2.60. The maximum Gasteiger partial charge on any atom is 0.387 e. The predicted molar refractivity (Wildman–Crippen MR) is 108 cm³/mol. The zero-order chi connectivity index (χ0) is 20.9. The fourth-order valence-electron chi connectivity index (χ4n) is 3.41. The predicted octanol–water partition coefficient (Wildman–Crippen LogP) is 5.84. The number of hydrogen-bond donors (Lipinski definition) is 0. The largest absolute Gasteiger partial charge is 0.486 e. The number of ether oxygens (including phenoxy) is 2. The summed E-state index contributed by atoms with van der Waals surface area (Å²) in [6, 6.07) is 15.3. The van der Waals surface area contributed by atoms with E-state index in [2.05, 4.69) is 16.9 Å². The van der Waals surface area contributed by atoms with Crippen LogP contribution in [0.15, 0.2) is 65.1 Å². The Hall–Kier alpha value is -3.41. The summed E-state index contributed by atoms with van der Waals surface area (Å²) in [5.41, 5.74) is 3.11. The number of fused-ring (bicyclic) bond motifs is 1. The molecule has 0 atom stereocenters. The molecule has 30 heavy (non-hydrogen) atoms. The van der Waals surface area contributed by atoms with E-state index >= 15 is 0 Å². The van der Waals surface area contributed by atoms with Gasteiger partial charge in [-0.05, 0) is 91.1 Å². The van der Waals surface area contributed by atoms with E-state index in [1.54, 1.807) is 18.2 Å². The second kappa shape index (κ2) is 8.95. The summed E-state index contributed by atoms with van der Waals surface area (Å²) < 4.78 is 40.1. The van der Waals surface area contributed by atoms with Gasteiger partial charge in [0.05, 0.1) is 0 Å². The molecule has 0 amide bonds. The lowest BCUT2D eigenvalue weighted by Gasteiger charge is -2.06. The standard InChI is InChI=1S/C24H20F2O4/c25-24(26)30-20-7-5-17(6-8-20)23(27)13-12-19-10-11-22(29-19)15-28-21-9-4-16-2-1-3-18(16)14-21/h4-14,24H,1-3,15H2/b13-12+. The number of benzene rings is 2. The van der Waals surface area contributed by atoms with Crippen molar-refractivity contribution in [2.75, 3.05) is 0 Å². The lowest BCUT2D eigenvalue weighted by Crippen LogP contribution is -2.02. The minimum Gasteiger partial charge on any atom is -0.486 e. The van der Waals surface area contributed by atoms with Crippen LogP contribution in [0, 0.1) is 0 Å². The molecule has 0 spiro atoms. The van der Waals surface area contributed by atoms with E-state index in [4.69, 9.17) is 9.15 Å². The molecule has 2 aromatic carbocycles. The molecule has 0 N–H and O–H groups in total. The van der Waals surface area contributed by atoms with Crippen LogP contribution in [0.4, 0.5) is 8.78 Å². The molecule has 0 unspecified atom stereocenters. The van der Waals surface area contributed by atoms with Crippen LogP contribution in [0.2, 0.25) is 0 Å². The Morgan fingerprint density at radius 1 is 1.00 bits per heavy atom. The van der Waals surface area contributed by atoms with Crippen LogP contribution in [0.3, 0.4) is 0 Å². The number of allylic oxidation sites excluding steroid dienone is 1. The molecule has 0 fully saturated rings. The number of aryl methyl sites for hydroxylation is 2. The number of alkyl halides is 2. The van der Waals surface area contributed by atoms with Gasteiger partial charge in [0, 0.05) is 5.56 Å². The first-order chi connectivity index (χ1) is 14.6. The topological polar surface area (TPSA) is 48.7 Å². The van der Waals surface area contributed by atoms with Crippen molar-refractivity contribution in [2.45, 2.75) is 32.5 Å². The summed E-state index contributed by atoms with van der Waals surface area (Å²) in [7, 11) is 0. The van der Waals surface area contributed by atoms with E-state index in [9.17, 15) is 13.6 Å². The highest BCUT2D eigenvalue weighted by atomic mass is 19.3. The normalized spacial score (nSPS) is 13.0. The molecule has 0 saturated carbocycles. The lowest BCUT2D eigenvalue weighted by molar-refractivity contribution is -0.0498. The van der Waals surface area contributed by atoms with Crippen LogP contribution in [0.5, 0.6) is 11.5 Å². The monoisotopic (exact) mass is 410 g/mol. The Labute approximate surface area is 172 Å². The Morgan fingerprint density at radius 2 is 1.77 bits per heavy atom. The Morgan fingerprint density at radius 3 is 2.57 bits per heavy atom. The number of ketones is 1. The molecule has 0 bridgehead atoms. The first kappa shape index (κ1) is 19.9. The number of carbonyl (C=O) groups is 1. The van der Waals surface area contributed by atoms with Gasteiger partial charge in [-0.3, -0.25) is 4.79 Å². The second-order valence-corrected chi connectivity index (χ2v) is 6.98. The number of rotatable bonds is 8. The second-order valence-electron chi connectivity index (χ2n) is 6.98. The van der Waals surface area contributed by atoms with Gasteiger partial charge in [-0.15, -0.1) is 0 Å². The number of furan rings is 1. The Bertz CT molecular complexity index is 1050. The fraction of sp³-hybridized carbons (Fsp3) is 0.208. The quantitative estimate of drug-likeness (QED) is 0.346. The number of carbonyl (C=O) groups excluding carboxylic acids is 1. The SMILES string of the molecule is O=C(/C=C/c1ccc(COc2ccc3c(c2)CCC3)o1)c1ccc(OC(F)F)cc1.